The van der Waals surface area contributed by atoms with Gasteiger partial charge in [-0.3, -0.25) is 4.79 Å². The van der Waals surface area contributed by atoms with E-state index >= 15 is 0 Å². The number of aromatic nitrogens is 1. The number of halogens is 3. The molecule has 10 nitrogen and oxygen atoms in total. The first-order valence-electron chi connectivity index (χ1n) is 8.17. The highest BCUT2D eigenvalue weighted by Gasteiger charge is 2.22. The van der Waals surface area contributed by atoms with Crippen molar-refractivity contribution in [1.29, 1.82) is 0 Å². The maximum atomic E-state index is 12.2. The van der Waals surface area contributed by atoms with Crippen LogP contribution in [0.15, 0.2) is 18.2 Å². The van der Waals surface area contributed by atoms with E-state index in [-0.39, 0.29) is 37.7 Å². The third-order valence-electron chi connectivity index (χ3n) is 3.66. The van der Waals surface area contributed by atoms with Gasteiger partial charge < -0.3 is 25.3 Å². The Balaban J connectivity index is 2.15. The van der Waals surface area contributed by atoms with Gasteiger partial charge in [0.15, 0.2) is 17.5 Å². The van der Waals surface area contributed by atoms with Gasteiger partial charge in [-0.15, -0.1) is 0 Å². The van der Waals surface area contributed by atoms with Crippen LogP contribution in [0.25, 0.3) is 0 Å². The first-order chi connectivity index (χ1) is 14.6. The van der Waals surface area contributed by atoms with E-state index in [0.29, 0.717) is 0 Å². The molecule has 0 radical (unpaired) electrons. The van der Waals surface area contributed by atoms with Crippen molar-refractivity contribution in [2.24, 2.45) is 0 Å². The molecule has 164 valence electrons. The zero-order valence-corrected chi connectivity index (χ0v) is 18.2. The molecule has 13 heteroatoms. The highest BCUT2D eigenvalue weighted by molar-refractivity contribution is 6.46. The maximum Gasteiger partial charge on any atom is 0.359 e. The van der Waals surface area contributed by atoms with Gasteiger partial charge in [-0.1, -0.05) is 34.8 Å². The fraction of sp³-hybridized carbons (Fsp3) is 0.167. The van der Waals surface area contributed by atoms with Crippen molar-refractivity contribution in [2.75, 3.05) is 31.9 Å². The van der Waals surface area contributed by atoms with E-state index in [4.69, 9.17) is 45.3 Å². The molecule has 0 saturated carbocycles. The number of ether oxygens (including phenoxy) is 3. The molecule has 31 heavy (non-hydrogen) atoms. The number of nitrogens with two attached hydrogens (primary N) is 1. The Morgan fingerprint density at radius 3 is 2.00 bits per heavy atom. The fourth-order valence-electron chi connectivity index (χ4n) is 2.23. The molecule has 0 spiro atoms. The molecule has 2 rings (SSSR count). The second-order valence-electron chi connectivity index (χ2n) is 5.70. The number of amides is 1. The second kappa shape index (κ2) is 10.3. The minimum Gasteiger partial charge on any atom is -0.465 e. The van der Waals surface area contributed by atoms with Crippen molar-refractivity contribution in [1.82, 2.24) is 4.98 Å². The van der Waals surface area contributed by atoms with Gasteiger partial charge >= 0.3 is 17.9 Å². The van der Waals surface area contributed by atoms with Crippen LogP contribution in [0.3, 0.4) is 0 Å². The van der Waals surface area contributed by atoms with E-state index in [0.717, 1.165) is 14.2 Å². The summed E-state index contributed by atoms with van der Waals surface area (Å²) < 4.78 is 14.1. The zero-order chi connectivity index (χ0) is 23.3. The van der Waals surface area contributed by atoms with Crippen LogP contribution in [-0.2, 0) is 19.0 Å². The van der Waals surface area contributed by atoms with E-state index in [2.05, 4.69) is 19.8 Å². The molecule has 1 aromatic carbocycles. The molecule has 3 N–H and O–H groups in total. The highest BCUT2D eigenvalue weighted by Crippen LogP contribution is 2.34. The number of carbonyl (C=O) groups is 4. The highest BCUT2D eigenvalue weighted by atomic mass is 35.5. The summed E-state index contributed by atoms with van der Waals surface area (Å²) in [7, 11) is 2.31. The SMILES string of the molecule is COC(=O)c1cc(NC(=O)COC(=O)c2nc(Cl)c(Cl)c(N)c2Cl)cc(C(=O)OC)c1. The predicted molar refractivity (Wildman–Crippen MR) is 112 cm³/mol. The number of nitrogens with zero attached hydrogens (tertiary/aromatic N) is 1. The van der Waals surface area contributed by atoms with Crippen LogP contribution < -0.4 is 11.1 Å². The van der Waals surface area contributed by atoms with Gasteiger partial charge in [-0.05, 0) is 18.2 Å². The molecule has 1 aromatic heterocycles. The van der Waals surface area contributed by atoms with Crippen molar-refractivity contribution < 1.29 is 33.4 Å². The van der Waals surface area contributed by atoms with Crippen molar-refractivity contribution in [2.45, 2.75) is 0 Å². The summed E-state index contributed by atoms with van der Waals surface area (Å²) in [5.74, 6) is -3.37. The zero-order valence-electron chi connectivity index (χ0n) is 16.0. The van der Waals surface area contributed by atoms with Crippen LogP contribution >= 0.6 is 34.8 Å². The topological polar surface area (TPSA) is 147 Å². The molecule has 0 atom stereocenters. The lowest BCUT2D eigenvalue weighted by atomic mass is 10.1. The molecule has 0 saturated heterocycles. The molecule has 0 bridgehead atoms. The molecular formula is C18H14Cl3N3O7. The average molecular weight is 491 g/mol. The Hall–Kier alpha value is -3.08. The standard InChI is InChI=1S/C18H14Cl3N3O7/c1-29-16(26)7-3-8(17(27)30-2)5-9(4-7)23-10(25)6-31-18(28)14-11(19)13(22)12(20)15(21)24-14/h3-5H,6H2,1-2H3,(H2,22,24)(H,23,25). The summed E-state index contributed by atoms with van der Waals surface area (Å²) >= 11 is 17.5. The minimum absolute atomic E-state index is 0.0139. The summed E-state index contributed by atoms with van der Waals surface area (Å²) in [6.07, 6.45) is 0. The van der Waals surface area contributed by atoms with Crippen molar-refractivity contribution in [3.05, 3.63) is 50.2 Å². The smallest absolute Gasteiger partial charge is 0.359 e. The Morgan fingerprint density at radius 1 is 0.935 bits per heavy atom. The lowest BCUT2D eigenvalue weighted by Gasteiger charge is -2.11. The fourth-order valence-corrected chi connectivity index (χ4v) is 2.82. The normalized spacial score (nSPS) is 10.2. The third-order valence-corrected chi connectivity index (χ3v) is 4.79. The number of nitrogens with one attached hydrogen (secondary N) is 1. The van der Waals surface area contributed by atoms with Gasteiger partial charge in [-0.25, -0.2) is 19.4 Å². The number of hydrogen-bond donors (Lipinski definition) is 2. The maximum absolute atomic E-state index is 12.2. The molecule has 0 unspecified atom stereocenters. The Labute approximate surface area is 190 Å². The predicted octanol–water partition coefficient (Wildman–Crippen LogP) is 2.99. The summed E-state index contributed by atoms with van der Waals surface area (Å²) in [5.41, 5.74) is 5.06. The van der Waals surface area contributed by atoms with Crippen LogP contribution in [0.2, 0.25) is 15.2 Å². The Bertz CT molecular complexity index is 1040. The Morgan fingerprint density at radius 2 is 1.48 bits per heavy atom. The molecular weight excluding hydrogens is 477 g/mol. The van der Waals surface area contributed by atoms with E-state index in [1.54, 1.807) is 0 Å². The van der Waals surface area contributed by atoms with Gasteiger partial charge in [0.1, 0.15) is 5.02 Å². The molecule has 1 amide bonds. The molecule has 0 aliphatic heterocycles. The van der Waals surface area contributed by atoms with Crippen LogP contribution in [0.1, 0.15) is 31.2 Å². The van der Waals surface area contributed by atoms with Gasteiger partial charge in [0, 0.05) is 5.69 Å². The number of carbonyl (C=O) groups excluding carboxylic acids is 4. The number of anilines is 2. The summed E-state index contributed by atoms with van der Waals surface area (Å²) in [4.78, 5) is 51.6. The minimum atomic E-state index is -1.08. The van der Waals surface area contributed by atoms with Gasteiger partial charge in [0.25, 0.3) is 5.91 Å². The number of nitrogen functional groups attached to an aromatic ring is 1. The number of hydrogen-bond acceptors (Lipinski definition) is 9. The average Bonchev–Trinajstić information content (AvgIpc) is 2.76. The Kier molecular flexibility index (Phi) is 8.03. The molecule has 0 aliphatic carbocycles. The van der Waals surface area contributed by atoms with E-state index in [1.807, 2.05) is 0 Å². The van der Waals surface area contributed by atoms with E-state index in [1.165, 1.54) is 18.2 Å². The number of benzene rings is 1. The van der Waals surface area contributed by atoms with E-state index < -0.39 is 36.1 Å². The van der Waals surface area contributed by atoms with Gasteiger partial charge in [0.05, 0.1) is 36.1 Å². The van der Waals surface area contributed by atoms with Crippen LogP contribution in [0.4, 0.5) is 11.4 Å². The first kappa shape index (κ1) is 24.2. The summed E-state index contributed by atoms with van der Waals surface area (Å²) in [6, 6.07) is 3.75. The monoisotopic (exact) mass is 489 g/mol. The van der Waals surface area contributed by atoms with Crippen LogP contribution in [0, 0.1) is 0 Å². The van der Waals surface area contributed by atoms with Crippen molar-refractivity contribution >= 4 is 70.0 Å². The largest absolute Gasteiger partial charge is 0.465 e. The number of esters is 3. The first-order valence-corrected chi connectivity index (χ1v) is 9.31. The quantitative estimate of drug-likeness (QED) is 0.354. The molecule has 0 fully saturated rings. The molecule has 0 aliphatic rings. The number of rotatable bonds is 6. The van der Waals surface area contributed by atoms with Crippen LogP contribution in [-0.4, -0.2) is 49.6 Å². The third kappa shape index (κ3) is 5.75. The lowest BCUT2D eigenvalue weighted by molar-refractivity contribution is -0.119. The molecule has 2 aromatic rings. The summed E-state index contributed by atoms with van der Waals surface area (Å²) in [6.45, 7) is -0.757. The van der Waals surface area contributed by atoms with Crippen LogP contribution in [0.5, 0.6) is 0 Å². The summed E-state index contributed by atoms with van der Waals surface area (Å²) in [5, 5.41) is 1.69. The number of methoxy groups -OCH3 is 2. The molecule has 1 heterocycles. The van der Waals surface area contributed by atoms with Crippen molar-refractivity contribution in [3.8, 4) is 0 Å². The van der Waals surface area contributed by atoms with Gasteiger partial charge in [0.2, 0.25) is 0 Å². The number of pyridine rings is 1. The van der Waals surface area contributed by atoms with Crippen molar-refractivity contribution in [3.63, 3.8) is 0 Å². The van der Waals surface area contributed by atoms with E-state index in [9.17, 15) is 19.2 Å². The second-order valence-corrected chi connectivity index (χ2v) is 6.81. The van der Waals surface area contributed by atoms with Gasteiger partial charge in [-0.2, -0.15) is 0 Å². The lowest BCUT2D eigenvalue weighted by Crippen LogP contribution is -2.22.